The van der Waals surface area contributed by atoms with E-state index in [9.17, 15) is 4.79 Å². The van der Waals surface area contributed by atoms with Crippen molar-refractivity contribution in [3.05, 3.63) is 43.7 Å². The van der Waals surface area contributed by atoms with Crippen molar-refractivity contribution >= 4 is 82.2 Å². The van der Waals surface area contributed by atoms with Crippen LogP contribution in [0.4, 0.5) is 5.69 Å². The highest BCUT2D eigenvalue weighted by Gasteiger charge is 2.17. The minimum atomic E-state index is -0.182. The van der Waals surface area contributed by atoms with Gasteiger partial charge in [-0.05, 0) is 66.0 Å². The van der Waals surface area contributed by atoms with E-state index in [2.05, 4.69) is 58.1 Å². The van der Waals surface area contributed by atoms with Crippen molar-refractivity contribution in [3.8, 4) is 5.75 Å². The van der Waals surface area contributed by atoms with Gasteiger partial charge in [-0.15, -0.1) is 0 Å². The number of oxazole rings is 1. The van der Waals surface area contributed by atoms with Crippen molar-refractivity contribution < 1.29 is 13.9 Å². The van der Waals surface area contributed by atoms with Crippen LogP contribution >= 0.6 is 59.6 Å². The quantitative estimate of drug-likeness (QED) is 0.403. The highest BCUT2D eigenvalue weighted by atomic mass is 79.9. The van der Waals surface area contributed by atoms with Crippen LogP contribution in [-0.4, -0.2) is 23.8 Å². The Bertz CT molecular complexity index is 913. The number of amides is 1. The lowest BCUT2D eigenvalue weighted by Crippen LogP contribution is -2.15. The molecule has 9 heteroatoms. The molecule has 2 aromatic carbocycles. The molecular weight excluding hydrogens is 540 g/mol. The molecule has 0 aliphatic rings. The predicted molar refractivity (Wildman–Crippen MR) is 109 cm³/mol. The average Bonchev–Trinajstić information content (AvgIpc) is 3.00. The first-order valence-electron chi connectivity index (χ1n) is 6.99. The fourth-order valence-electron chi connectivity index (χ4n) is 2.09. The van der Waals surface area contributed by atoms with Gasteiger partial charge >= 0.3 is 0 Å². The summed E-state index contributed by atoms with van der Waals surface area (Å²) in [6, 6.07) is 9.29. The van der Waals surface area contributed by atoms with E-state index in [4.69, 9.17) is 9.15 Å². The summed E-state index contributed by atoms with van der Waals surface area (Å²) >= 11 is 11.5. The number of aromatic nitrogens is 1. The molecule has 25 heavy (non-hydrogen) atoms. The number of fused-ring (bicyclic) bond motifs is 1. The van der Waals surface area contributed by atoms with E-state index in [0.717, 1.165) is 14.5 Å². The van der Waals surface area contributed by atoms with Crippen LogP contribution in [0.15, 0.2) is 53.4 Å². The van der Waals surface area contributed by atoms with Gasteiger partial charge in [-0.1, -0.05) is 23.9 Å². The Kier molecular flexibility index (Phi) is 6.08. The molecular formula is C16H11Br3N2O3S. The smallest absolute Gasteiger partial charge is 0.257 e. The van der Waals surface area contributed by atoms with Gasteiger partial charge in [0, 0.05) is 4.47 Å². The van der Waals surface area contributed by atoms with Crippen molar-refractivity contribution in [1.82, 2.24) is 4.98 Å². The molecule has 1 heterocycles. The molecule has 0 aliphatic heterocycles. The zero-order chi connectivity index (χ0) is 18.0. The number of methoxy groups -OCH3 is 1. The van der Waals surface area contributed by atoms with E-state index < -0.39 is 0 Å². The van der Waals surface area contributed by atoms with Crippen molar-refractivity contribution in [2.45, 2.75) is 5.22 Å². The van der Waals surface area contributed by atoms with Crippen LogP contribution in [0.2, 0.25) is 0 Å². The number of benzene rings is 2. The molecule has 1 amide bonds. The Morgan fingerprint density at radius 1 is 1.28 bits per heavy atom. The van der Waals surface area contributed by atoms with Crippen molar-refractivity contribution in [2.24, 2.45) is 0 Å². The highest BCUT2D eigenvalue weighted by Crippen LogP contribution is 2.43. The Morgan fingerprint density at radius 3 is 2.76 bits per heavy atom. The van der Waals surface area contributed by atoms with Gasteiger partial charge in [0.15, 0.2) is 5.58 Å². The predicted octanol–water partition coefficient (Wildman–Crippen LogP) is 5.85. The second-order valence-electron chi connectivity index (χ2n) is 4.85. The van der Waals surface area contributed by atoms with E-state index in [1.807, 2.05) is 30.3 Å². The van der Waals surface area contributed by atoms with Crippen LogP contribution in [0.1, 0.15) is 0 Å². The Morgan fingerprint density at radius 2 is 2.04 bits per heavy atom. The number of rotatable bonds is 5. The van der Waals surface area contributed by atoms with Crippen LogP contribution in [0, 0.1) is 0 Å². The summed E-state index contributed by atoms with van der Waals surface area (Å²) < 4.78 is 13.1. The van der Waals surface area contributed by atoms with Crippen LogP contribution in [0.25, 0.3) is 11.1 Å². The normalized spacial score (nSPS) is 10.9. The highest BCUT2D eigenvalue weighted by molar-refractivity contribution is 9.11. The second kappa shape index (κ2) is 8.11. The number of nitrogens with one attached hydrogen (secondary N) is 1. The molecule has 1 N–H and O–H groups in total. The third kappa shape index (κ3) is 4.21. The van der Waals surface area contributed by atoms with Crippen LogP contribution in [0.5, 0.6) is 5.75 Å². The zero-order valence-electron chi connectivity index (χ0n) is 12.8. The molecule has 1 aromatic heterocycles. The minimum Gasteiger partial charge on any atom is -0.494 e. The summed E-state index contributed by atoms with van der Waals surface area (Å²) in [4.78, 5) is 16.6. The first-order chi connectivity index (χ1) is 12.0. The lowest BCUT2D eigenvalue weighted by atomic mass is 10.3. The lowest BCUT2D eigenvalue weighted by molar-refractivity contribution is -0.113. The number of halogens is 3. The Balaban J connectivity index is 1.70. The van der Waals surface area contributed by atoms with E-state index in [1.165, 1.54) is 11.8 Å². The van der Waals surface area contributed by atoms with Gasteiger partial charge in [0.1, 0.15) is 11.3 Å². The van der Waals surface area contributed by atoms with Gasteiger partial charge in [-0.25, -0.2) is 4.98 Å². The third-order valence-electron chi connectivity index (χ3n) is 3.20. The lowest BCUT2D eigenvalue weighted by Gasteiger charge is -2.14. The molecule has 0 aliphatic carbocycles. The fourth-order valence-corrected chi connectivity index (χ4v) is 5.37. The van der Waals surface area contributed by atoms with Crippen molar-refractivity contribution in [2.75, 3.05) is 18.2 Å². The maximum absolute atomic E-state index is 12.3. The fraction of sp³-hybridized carbons (Fsp3) is 0.125. The van der Waals surface area contributed by atoms with Crippen LogP contribution < -0.4 is 10.1 Å². The maximum Gasteiger partial charge on any atom is 0.257 e. The summed E-state index contributed by atoms with van der Waals surface area (Å²) in [6.45, 7) is 0. The number of hydrogen-bond acceptors (Lipinski definition) is 5. The standard InChI is InChI=1S/C16H11Br3N2O3S/c1-23-15-9(18)6-8(17)14(13(15)19)21-12(22)7-25-16-20-10-4-2-3-5-11(10)24-16/h2-6H,7H2,1H3,(H,21,22). The molecule has 0 radical (unpaired) electrons. The summed E-state index contributed by atoms with van der Waals surface area (Å²) in [5.74, 6) is 0.590. The van der Waals surface area contributed by atoms with E-state index in [0.29, 0.717) is 26.7 Å². The number of para-hydroxylation sites is 2. The van der Waals surface area contributed by atoms with Crippen molar-refractivity contribution in [1.29, 1.82) is 0 Å². The van der Waals surface area contributed by atoms with Crippen LogP contribution in [-0.2, 0) is 4.79 Å². The number of carbonyl (C=O) groups is 1. The molecule has 0 spiro atoms. The van der Waals surface area contributed by atoms with Gasteiger partial charge in [0.2, 0.25) is 5.91 Å². The van der Waals surface area contributed by atoms with Gasteiger partial charge in [0.05, 0.1) is 27.5 Å². The summed E-state index contributed by atoms with van der Waals surface area (Å²) in [5.41, 5.74) is 2.07. The van der Waals surface area contributed by atoms with E-state index >= 15 is 0 Å². The Labute approximate surface area is 173 Å². The monoisotopic (exact) mass is 548 g/mol. The largest absolute Gasteiger partial charge is 0.494 e. The number of hydrogen-bond donors (Lipinski definition) is 1. The number of thioether (sulfide) groups is 1. The van der Waals surface area contributed by atoms with Crippen molar-refractivity contribution in [3.63, 3.8) is 0 Å². The first-order valence-corrected chi connectivity index (χ1v) is 10.4. The SMILES string of the molecule is COc1c(Br)cc(Br)c(NC(=O)CSc2nc3ccccc3o2)c1Br. The van der Waals surface area contributed by atoms with Gasteiger partial charge < -0.3 is 14.5 Å². The molecule has 0 saturated carbocycles. The Hall–Kier alpha value is -1.03. The summed E-state index contributed by atoms with van der Waals surface area (Å²) in [7, 11) is 1.56. The molecule has 0 atom stereocenters. The summed E-state index contributed by atoms with van der Waals surface area (Å²) in [5, 5.41) is 3.32. The second-order valence-corrected chi connectivity index (χ2v) is 8.28. The number of anilines is 1. The van der Waals surface area contributed by atoms with Gasteiger partial charge in [0.25, 0.3) is 5.22 Å². The molecule has 0 unspecified atom stereocenters. The number of carbonyl (C=O) groups excluding carboxylic acids is 1. The molecule has 0 fully saturated rings. The summed E-state index contributed by atoms with van der Waals surface area (Å²) in [6.07, 6.45) is 0. The zero-order valence-corrected chi connectivity index (χ0v) is 18.4. The molecule has 130 valence electrons. The van der Waals surface area contributed by atoms with Gasteiger partial charge in [-0.3, -0.25) is 4.79 Å². The maximum atomic E-state index is 12.3. The molecule has 0 saturated heterocycles. The average molecular weight is 551 g/mol. The number of ether oxygens (including phenoxy) is 1. The minimum absolute atomic E-state index is 0.171. The molecule has 3 rings (SSSR count). The molecule has 3 aromatic rings. The third-order valence-corrected chi connectivity index (χ3v) is 6.00. The van der Waals surface area contributed by atoms with E-state index in [-0.39, 0.29) is 11.7 Å². The van der Waals surface area contributed by atoms with Crippen LogP contribution in [0.3, 0.4) is 0 Å². The van der Waals surface area contributed by atoms with Gasteiger partial charge in [-0.2, -0.15) is 0 Å². The first kappa shape index (κ1) is 18.8. The van der Waals surface area contributed by atoms with E-state index in [1.54, 1.807) is 7.11 Å². The topological polar surface area (TPSA) is 64.4 Å². The molecule has 5 nitrogen and oxygen atoms in total. The molecule has 0 bridgehead atoms. The number of nitrogens with zero attached hydrogens (tertiary/aromatic N) is 1.